The average molecular weight is 272 g/mol. The van der Waals surface area contributed by atoms with E-state index in [0.717, 1.165) is 33.6 Å². The van der Waals surface area contributed by atoms with Crippen LogP contribution in [0.5, 0.6) is 0 Å². The monoisotopic (exact) mass is 272 g/mol. The molecule has 1 aliphatic carbocycles. The second-order valence-corrected chi connectivity index (χ2v) is 4.78. The van der Waals surface area contributed by atoms with Crippen LogP contribution >= 0.6 is 0 Å². The Kier molecular flexibility index (Phi) is 2.75. The van der Waals surface area contributed by atoms with Crippen LogP contribution in [0.4, 0.5) is 5.69 Å². The molecule has 3 heteroatoms. The summed E-state index contributed by atoms with van der Waals surface area (Å²) in [5.74, 6) is 0.742. The molecule has 0 N–H and O–H groups in total. The van der Waals surface area contributed by atoms with Crippen molar-refractivity contribution in [2.45, 2.75) is 0 Å². The molecule has 3 nitrogen and oxygen atoms in total. The van der Waals surface area contributed by atoms with Crippen molar-refractivity contribution in [1.29, 1.82) is 0 Å². The van der Waals surface area contributed by atoms with Crippen molar-refractivity contribution in [3.05, 3.63) is 78.2 Å². The van der Waals surface area contributed by atoms with Gasteiger partial charge in [-0.15, -0.1) is 0 Å². The maximum Gasteiger partial charge on any atom is 0.155 e. The van der Waals surface area contributed by atoms with Gasteiger partial charge in [0.2, 0.25) is 0 Å². The van der Waals surface area contributed by atoms with Crippen molar-refractivity contribution >= 4 is 16.8 Å². The third-order valence-corrected chi connectivity index (χ3v) is 3.28. The number of hydrogen-bond acceptors (Lipinski definition) is 3. The van der Waals surface area contributed by atoms with E-state index in [1.54, 1.807) is 0 Å². The second-order valence-electron chi connectivity index (χ2n) is 4.78. The molecule has 2 aromatic carbocycles. The van der Waals surface area contributed by atoms with E-state index in [4.69, 9.17) is 4.42 Å². The van der Waals surface area contributed by atoms with Crippen molar-refractivity contribution in [1.82, 2.24) is 4.98 Å². The van der Waals surface area contributed by atoms with Crippen molar-refractivity contribution in [3.8, 4) is 11.5 Å². The molecule has 0 fully saturated rings. The molecule has 21 heavy (non-hydrogen) atoms. The molecule has 4 rings (SSSR count). The fraction of sp³-hybridized carbons (Fsp3) is 0. The van der Waals surface area contributed by atoms with Gasteiger partial charge in [-0.1, -0.05) is 30.3 Å². The molecule has 0 aromatic heterocycles. The molecule has 0 radical (unpaired) electrons. The molecule has 0 spiro atoms. The minimum absolute atomic E-state index is 0.742. The van der Waals surface area contributed by atoms with Crippen LogP contribution in [0.1, 0.15) is 0 Å². The van der Waals surface area contributed by atoms with Gasteiger partial charge < -0.3 is 4.42 Å². The summed E-state index contributed by atoms with van der Waals surface area (Å²) in [6.07, 6.45) is 0. The van der Waals surface area contributed by atoms with Gasteiger partial charge in [0.05, 0.1) is 11.0 Å². The van der Waals surface area contributed by atoms with E-state index in [-0.39, 0.29) is 0 Å². The first-order valence-corrected chi connectivity index (χ1v) is 6.78. The molecular weight excluding hydrogens is 260 g/mol. The number of nitrogens with zero attached hydrogens (tertiary/aromatic N) is 2. The van der Waals surface area contributed by atoms with Crippen molar-refractivity contribution < 1.29 is 4.42 Å². The molecule has 2 aliphatic rings. The average Bonchev–Trinajstić information content (AvgIpc) is 2.54. The Hall–Kier alpha value is -2.94. The zero-order valence-electron chi connectivity index (χ0n) is 11.2. The first-order chi connectivity index (χ1) is 10.4. The fourth-order valence-corrected chi connectivity index (χ4v) is 2.28. The van der Waals surface area contributed by atoms with Crippen molar-refractivity contribution in [3.63, 3.8) is 0 Å². The Morgan fingerprint density at radius 1 is 0.810 bits per heavy atom. The first kappa shape index (κ1) is 11.9. The van der Waals surface area contributed by atoms with Crippen LogP contribution in [-0.4, -0.2) is 4.98 Å². The quantitative estimate of drug-likeness (QED) is 0.488. The lowest BCUT2D eigenvalue weighted by Crippen LogP contribution is -2.01. The lowest BCUT2D eigenvalue weighted by Gasteiger charge is -2.05. The summed E-state index contributed by atoms with van der Waals surface area (Å²) in [6.45, 7) is 0. The van der Waals surface area contributed by atoms with E-state index < -0.39 is 0 Å². The van der Waals surface area contributed by atoms with Crippen LogP contribution in [0.2, 0.25) is 0 Å². The van der Waals surface area contributed by atoms with E-state index in [9.17, 15) is 0 Å². The molecule has 0 saturated carbocycles. The molecule has 0 bridgehead atoms. The van der Waals surface area contributed by atoms with Crippen LogP contribution < -0.4 is 5.36 Å². The number of aromatic nitrogens is 1. The van der Waals surface area contributed by atoms with E-state index in [2.05, 4.69) is 9.98 Å². The zero-order chi connectivity index (χ0) is 14.1. The number of para-hydroxylation sites is 3. The van der Waals surface area contributed by atoms with Gasteiger partial charge in [0.1, 0.15) is 11.2 Å². The smallest absolute Gasteiger partial charge is 0.155 e. The summed E-state index contributed by atoms with van der Waals surface area (Å²) in [7, 11) is 0. The minimum atomic E-state index is 0.742. The maximum absolute atomic E-state index is 5.90. The topological polar surface area (TPSA) is 38.4 Å². The van der Waals surface area contributed by atoms with Gasteiger partial charge in [-0.2, -0.15) is 0 Å². The van der Waals surface area contributed by atoms with Gasteiger partial charge in [0, 0.05) is 6.07 Å². The van der Waals surface area contributed by atoms with Crippen LogP contribution in [0.3, 0.4) is 0 Å². The molecule has 0 amide bonds. The van der Waals surface area contributed by atoms with Crippen LogP contribution in [0, 0.1) is 0 Å². The Bertz CT molecular complexity index is 942. The Morgan fingerprint density at radius 3 is 2.52 bits per heavy atom. The predicted octanol–water partition coefficient (Wildman–Crippen LogP) is 4.17. The van der Waals surface area contributed by atoms with Gasteiger partial charge in [-0.3, -0.25) is 0 Å². The molecule has 1 aliphatic heterocycles. The van der Waals surface area contributed by atoms with Crippen molar-refractivity contribution in [2.24, 2.45) is 4.99 Å². The van der Waals surface area contributed by atoms with Gasteiger partial charge in [0.25, 0.3) is 0 Å². The van der Waals surface area contributed by atoms with Gasteiger partial charge >= 0.3 is 0 Å². The van der Waals surface area contributed by atoms with Crippen molar-refractivity contribution in [2.75, 3.05) is 0 Å². The summed E-state index contributed by atoms with van der Waals surface area (Å²) in [6, 6.07) is 23.4. The van der Waals surface area contributed by atoms with Gasteiger partial charge in [-0.25, -0.2) is 9.98 Å². The summed E-state index contributed by atoms with van der Waals surface area (Å²) >= 11 is 0. The highest BCUT2D eigenvalue weighted by Crippen LogP contribution is 2.23. The molecule has 1 heterocycles. The Balaban J connectivity index is 1.92. The third-order valence-electron chi connectivity index (χ3n) is 3.28. The lowest BCUT2D eigenvalue weighted by atomic mass is 10.2. The molecule has 0 saturated heterocycles. The Morgan fingerprint density at radius 2 is 1.62 bits per heavy atom. The molecule has 0 atom stereocenters. The number of hydrogen-bond donors (Lipinski definition) is 0. The first-order valence-electron chi connectivity index (χ1n) is 6.78. The molecule has 100 valence electrons. The van der Waals surface area contributed by atoms with E-state index in [0.29, 0.717) is 0 Å². The second kappa shape index (κ2) is 4.87. The fourth-order valence-electron chi connectivity index (χ4n) is 2.28. The standard InChI is InChI=1S/C18H12N2O/c1-2-6-13(7-3-1)19-14-10-11-16-18(12-14)21-17-9-5-4-8-15(17)20-16/h1-12H. The summed E-state index contributed by atoms with van der Waals surface area (Å²) < 4.78 is 5.90. The van der Waals surface area contributed by atoms with Crippen LogP contribution in [0.15, 0.2) is 82.2 Å². The summed E-state index contributed by atoms with van der Waals surface area (Å²) in [5, 5.41) is 0.856. The lowest BCUT2D eigenvalue weighted by molar-refractivity contribution is 0.612. The van der Waals surface area contributed by atoms with Crippen LogP contribution in [-0.2, 0) is 0 Å². The number of benzene rings is 3. The highest BCUT2D eigenvalue weighted by Gasteiger charge is 2.07. The minimum Gasteiger partial charge on any atom is -0.453 e. The largest absolute Gasteiger partial charge is 0.453 e. The molecule has 0 unspecified atom stereocenters. The van der Waals surface area contributed by atoms with E-state index in [1.807, 2.05) is 72.8 Å². The number of rotatable bonds is 1. The Labute approximate surface area is 121 Å². The summed E-state index contributed by atoms with van der Waals surface area (Å²) in [4.78, 5) is 9.17. The van der Waals surface area contributed by atoms with Crippen LogP contribution in [0.25, 0.3) is 22.6 Å². The summed E-state index contributed by atoms with van der Waals surface area (Å²) in [5.41, 5.74) is 3.39. The van der Waals surface area contributed by atoms with Gasteiger partial charge in [-0.05, 0) is 36.4 Å². The van der Waals surface area contributed by atoms with Gasteiger partial charge in [0.15, 0.2) is 11.3 Å². The molecule has 2 aromatic rings. The highest BCUT2D eigenvalue weighted by atomic mass is 16.3. The highest BCUT2D eigenvalue weighted by molar-refractivity contribution is 5.75. The van der Waals surface area contributed by atoms with E-state index in [1.165, 1.54) is 0 Å². The maximum atomic E-state index is 5.90. The third kappa shape index (κ3) is 2.30. The predicted molar refractivity (Wildman–Crippen MR) is 82.3 cm³/mol. The SMILES string of the molecule is c1ccc(N=c2ccc3nc4ccccc4oc-3c2)cc1. The van der Waals surface area contributed by atoms with E-state index >= 15 is 0 Å². The number of fused-ring (bicyclic) bond motifs is 2. The molecular formula is C18H12N2O. The normalized spacial score (nSPS) is 12.1. The zero-order valence-corrected chi connectivity index (χ0v) is 11.2.